The van der Waals surface area contributed by atoms with Gasteiger partial charge in [-0.05, 0) is 31.9 Å². The van der Waals surface area contributed by atoms with Crippen molar-refractivity contribution in [3.8, 4) is 0 Å². The Kier molecular flexibility index (Phi) is 6.10. The van der Waals surface area contributed by atoms with Crippen LogP contribution in [0.2, 0.25) is 0 Å². The zero-order valence-electron chi connectivity index (χ0n) is 13.8. The van der Waals surface area contributed by atoms with Gasteiger partial charge in [-0.3, -0.25) is 9.10 Å². The molecule has 0 radical (unpaired) electrons. The lowest BCUT2D eigenvalue weighted by atomic mass is 10.1. The maximum Gasteiger partial charge on any atom is 0.243 e. The third kappa shape index (κ3) is 4.89. The quantitative estimate of drug-likeness (QED) is 0.858. The molecule has 0 bridgehead atoms. The van der Waals surface area contributed by atoms with Crippen molar-refractivity contribution in [3.05, 3.63) is 29.8 Å². The first kappa shape index (κ1) is 19.3. The van der Waals surface area contributed by atoms with Gasteiger partial charge in [0.25, 0.3) is 0 Å². The third-order valence-electron chi connectivity index (χ3n) is 3.62. The van der Waals surface area contributed by atoms with Gasteiger partial charge in [0.1, 0.15) is 6.04 Å². The Labute approximate surface area is 135 Å². The number of carbonyl (C=O) groups excluding carboxylic acids is 1. The highest BCUT2D eigenvalue weighted by Crippen LogP contribution is 2.23. The van der Waals surface area contributed by atoms with Crippen molar-refractivity contribution in [3.63, 3.8) is 0 Å². The van der Waals surface area contributed by atoms with Crippen LogP contribution < -0.4 is 9.62 Å². The van der Waals surface area contributed by atoms with E-state index >= 15 is 0 Å². The van der Waals surface area contributed by atoms with Crippen LogP contribution in [0.15, 0.2) is 18.2 Å². The van der Waals surface area contributed by atoms with Crippen molar-refractivity contribution in [1.82, 2.24) is 5.32 Å². The zero-order chi connectivity index (χ0) is 17.9. The van der Waals surface area contributed by atoms with Gasteiger partial charge in [-0.25, -0.2) is 17.2 Å². The largest absolute Gasteiger partial charge is 0.352 e. The Morgan fingerprint density at radius 2 is 1.70 bits per heavy atom. The fourth-order valence-electron chi connectivity index (χ4n) is 1.94. The number of amides is 1. The number of sulfonamides is 1. The predicted molar refractivity (Wildman–Crippen MR) is 85.6 cm³/mol. The normalized spacial score (nSPS) is 14.4. The molecule has 8 heteroatoms. The van der Waals surface area contributed by atoms with Crippen LogP contribution >= 0.6 is 0 Å². The molecule has 0 saturated carbocycles. The molecule has 1 rings (SSSR count). The molecule has 5 nitrogen and oxygen atoms in total. The SMILES string of the molecule is CC(C)[C@@H](C)NC(=O)[C@H](C)N(c1ccc(F)c(F)c1)S(C)(=O)=O. The van der Waals surface area contributed by atoms with E-state index in [1.54, 1.807) is 6.92 Å². The number of hydrogen-bond acceptors (Lipinski definition) is 3. The number of rotatable bonds is 6. The Morgan fingerprint density at radius 3 is 2.13 bits per heavy atom. The van der Waals surface area contributed by atoms with Crippen LogP contribution in [-0.2, 0) is 14.8 Å². The van der Waals surface area contributed by atoms with E-state index in [1.807, 2.05) is 13.8 Å². The van der Waals surface area contributed by atoms with E-state index in [-0.39, 0.29) is 17.6 Å². The summed E-state index contributed by atoms with van der Waals surface area (Å²) in [5.74, 6) is -2.62. The highest BCUT2D eigenvalue weighted by Gasteiger charge is 2.30. The van der Waals surface area contributed by atoms with Crippen LogP contribution in [-0.4, -0.2) is 32.7 Å². The van der Waals surface area contributed by atoms with Gasteiger partial charge >= 0.3 is 0 Å². The molecule has 0 aliphatic heterocycles. The molecule has 0 heterocycles. The predicted octanol–water partition coefficient (Wildman–Crippen LogP) is 2.28. The van der Waals surface area contributed by atoms with Gasteiger partial charge in [-0.2, -0.15) is 0 Å². The highest BCUT2D eigenvalue weighted by molar-refractivity contribution is 7.92. The molecule has 0 unspecified atom stereocenters. The third-order valence-corrected chi connectivity index (χ3v) is 4.86. The number of nitrogens with one attached hydrogen (secondary N) is 1. The fraction of sp³-hybridized carbons (Fsp3) is 0.533. The number of carbonyl (C=O) groups is 1. The topological polar surface area (TPSA) is 66.5 Å². The van der Waals surface area contributed by atoms with Crippen LogP contribution in [0.25, 0.3) is 0 Å². The summed E-state index contributed by atoms with van der Waals surface area (Å²) in [5, 5.41) is 2.71. The van der Waals surface area contributed by atoms with Crippen molar-refractivity contribution in [2.45, 2.75) is 39.8 Å². The molecule has 23 heavy (non-hydrogen) atoms. The molecule has 1 aromatic carbocycles. The molecule has 130 valence electrons. The maximum absolute atomic E-state index is 13.4. The molecule has 0 fully saturated rings. The highest BCUT2D eigenvalue weighted by atomic mass is 32.2. The molecular weight excluding hydrogens is 326 g/mol. The van der Waals surface area contributed by atoms with Crippen molar-refractivity contribution >= 4 is 21.6 Å². The van der Waals surface area contributed by atoms with E-state index in [1.165, 1.54) is 6.92 Å². The van der Waals surface area contributed by atoms with E-state index < -0.39 is 33.6 Å². The summed E-state index contributed by atoms with van der Waals surface area (Å²) in [6, 6.07) is 1.44. The van der Waals surface area contributed by atoms with Crippen molar-refractivity contribution in [1.29, 1.82) is 0 Å². The molecule has 0 saturated heterocycles. The first-order valence-corrected chi connectivity index (χ1v) is 9.04. The summed E-state index contributed by atoms with van der Waals surface area (Å²) >= 11 is 0. The molecular formula is C15H22F2N2O3S. The van der Waals surface area contributed by atoms with Crippen molar-refractivity contribution in [2.24, 2.45) is 5.92 Å². The number of benzene rings is 1. The van der Waals surface area contributed by atoms with Crippen LogP contribution in [0.3, 0.4) is 0 Å². The fourth-order valence-corrected chi connectivity index (χ4v) is 3.11. The Hall–Kier alpha value is -1.70. The second-order valence-electron chi connectivity index (χ2n) is 5.87. The van der Waals surface area contributed by atoms with Crippen LogP contribution in [0.4, 0.5) is 14.5 Å². The van der Waals surface area contributed by atoms with Gasteiger partial charge in [0.05, 0.1) is 11.9 Å². The maximum atomic E-state index is 13.4. The number of halogens is 2. The van der Waals surface area contributed by atoms with E-state index in [0.717, 1.165) is 28.8 Å². The van der Waals surface area contributed by atoms with Gasteiger partial charge in [0.15, 0.2) is 11.6 Å². The summed E-state index contributed by atoms with van der Waals surface area (Å²) in [5.41, 5.74) is -0.105. The average Bonchev–Trinajstić information content (AvgIpc) is 2.41. The van der Waals surface area contributed by atoms with Gasteiger partial charge in [-0.1, -0.05) is 13.8 Å². The van der Waals surface area contributed by atoms with E-state index in [4.69, 9.17) is 0 Å². The van der Waals surface area contributed by atoms with Gasteiger partial charge in [-0.15, -0.1) is 0 Å². The lowest BCUT2D eigenvalue weighted by molar-refractivity contribution is -0.122. The summed E-state index contributed by atoms with van der Waals surface area (Å²) in [6.45, 7) is 7.03. The van der Waals surface area contributed by atoms with Crippen LogP contribution in [0, 0.1) is 17.6 Å². The molecule has 0 spiro atoms. The summed E-state index contributed by atoms with van der Waals surface area (Å²) in [4.78, 5) is 12.3. The lowest BCUT2D eigenvalue weighted by Gasteiger charge is -2.29. The molecule has 0 aliphatic carbocycles. The molecule has 1 N–H and O–H groups in total. The number of hydrogen-bond donors (Lipinski definition) is 1. The molecule has 0 aromatic heterocycles. The standard InChI is InChI=1S/C15H22F2N2O3S/c1-9(2)10(3)18-15(20)11(4)19(23(5,21)22)12-6-7-13(16)14(17)8-12/h6-11H,1-5H3,(H,18,20)/t10-,11+/m1/s1. The second kappa shape index (κ2) is 7.25. The zero-order valence-corrected chi connectivity index (χ0v) is 14.6. The number of anilines is 1. The lowest BCUT2D eigenvalue weighted by Crippen LogP contribution is -2.50. The Morgan fingerprint density at radius 1 is 1.13 bits per heavy atom. The molecule has 0 aliphatic rings. The van der Waals surface area contributed by atoms with E-state index in [9.17, 15) is 22.0 Å². The average molecular weight is 348 g/mol. The summed E-state index contributed by atoms with van der Waals surface area (Å²) in [6.07, 6.45) is 0.907. The van der Waals surface area contributed by atoms with Gasteiger partial charge < -0.3 is 5.32 Å². The van der Waals surface area contributed by atoms with Crippen molar-refractivity contribution < 1.29 is 22.0 Å². The van der Waals surface area contributed by atoms with Crippen molar-refractivity contribution in [2.75, 3.05) is 10.6 Å². The van der Waals surface area contributed by atoms with Crippen LogP contribution in [0.5, 0.6) is 0 Å². The monoisotopic (exact) mass is 348 g/mol. The van der Waals surface area contributed by atoms with Crippen LogP contribution in [0.1, 0.15) is 27.7 Å². The minimum atomic E-state index is -3.86. The minimum Gasteiger partial charge on any atom is -0.352 e. The molecule has 1 amide bonds. The summed E-state index contributed by atoms with van der Waals surface area (Å²) < 4.78 is 51.3. The van der Waals surface area contributed by atoms with E-state index in [0.29, 0.717) is 0 Å². The first-order valence-electron chi connectivity index (χ1n) is 7.20. The Balaban J connectivity index is 3.17. The first-order chi connectivity index (χ1) is 10.4. The smallest absolute Gasteiger partial charge is 0.243 e. The Bertz CT molecular complexity index is 677. The molecule has 2 atom stereocenters. The van der Waals surface area contributed by atoms with Gasteiger partial charge in [0, 0.05) is 12.1 Å². The second-order valence-corrected chi connectivity index (χ2v) is 7.73. The minimum absolute atomic E-state index is 0.105. The van der Waals surface area contributed by atoms with E-state index in [2.05, 4.69) is 5.32 Å². The van der Waals surface area contributed by atoms with Gasteiger partial charge in [0.2, 0.25) is 15.9 Å². The molecule has 1 aromatic rings. The number of nitrogens with zero attached hydrogens (tertiary/aromatic N) is 1. The summed E-state index contributed by atoms with van der Waals surface area (Å²) in [7, 11) is -3.86.